The number of amides is 1. The van der Waals surface area contributed by atoms with Crippen LogP contribution in [0.1, 0.15) is 32.1 Å². The summed E-state index contributed by atoms with van der Waals surface area (Å²) in [7, 11) is 2.23. The van der Waals surface area contributed by atoms with Gasteiger partial charge in [0.05, 0.1) is 11.2 Å². The second-order valence-electron chi connectivity index (χ2n) is 9.16. The summed E-state index contributed by atoms with van der Waals surface area (Å²) >= 11 is 1.34. The van der Waals surface area contributed by atoms with Crippen LogP contribution in [0.3, 0.4) is 0 Å². The highest BCUT2D eigenvalue weighted by molar-refractivity contribution is 7.22. The highest BCUT2D eigenvalue weighted by atomic mass is 32.1. The van der Waals surface area contributed by atoms with Crippen LogP contribution in [0, 0.1) is 5.92 Å². The summed E-state index contributed by atoms with van der Waals surface area (Å²) in [6.45, 7) is 1.79. The van der Waals surface area contributed by atoms with Crippen molar-refractivity contribution >= 4 is 32.5 Å². The number of thiophene rings is 1. The zero-order chi connectivity index (χ0) is 21.8. The molecule has 166 valence electrons. The normalized spacial score (nSPS) is 25.7. The maximum atomic E-state index is 13.1. The van der Waals surface area contributed by atoms with E-state index in [1.165, 1.54) is 24.2 Å². The Labute approximate surface area is 190 Å². The number of aromatic nitrogens is 2. The molecule has 3 atom stereocenters. The lowest BCUT2D eigenvalue weighted by molar-refractivity contribution is -0.122. The molecule has 32 heavy (non-hydrogen) atoms. The SMILES string of the molecule is CN1CCC(Oc2ccc(-n3cnc4cc(N5CCC5=O)sc4c3=O)cc2)C[C@@H]2CCC21. The smallest absolute Gasteiger partial charge is 0.275 e. The van der Waals surface area contributed by atoms with E-state index in [2.05, 4.69) is 16.9 Å². The maximum absolute atomic E-state index is 13.1. The summed E-state index contributed by atoms with van der Waals surface area (Å²) in [6, 6.07) is 10.3. The predicted molar refractivity (Wildman–Crippen MR) is 125 cm³/mol. The lowest BCUT2D eigenvalue weighted by Crippen LogP contribution is -2.43. The zero-order valence-corrected chi connectivity index (χ0v) is 18.9. The van der Waals surface area contributed by atoms with Gasteiger partial charge < -0.3 is 14.5 Å². The number of benzene rings is 1. The van der Waals surface area contributed by atoms with Gasteiger partial charge in [0, 0.05) is 25.6 Å². The molecule has 2 aromatic heterocycles. The number of ether oxygens (including phenoxy) is 1. The third-order valence-corrected chi connectivity index (χ3v) is 8.41. The molecule has 1 amide bonds. The number of β-lactam (4-membered cyclic amide) rings is 1. The zero-order valence-electron chi connectivity index (χ0n) is 18.1. The van der Waals surface area contributed by atoms with Crippen molar-refractivity contribution in [2.45, 2.75) is 44.2 Å². The maximum Gasteiger partial charge on any atom is 0.275 e. The van der Waals surface area contributed by atoms with Gasteiger partial charge in [0.2, 0.25) is 5.91 Å². The van der Waals surface area contributed by atoms with E-state index < -0.39 is 0 Å². The van der Waals surface area contributed by atoms with Crippen molar-refractivity contribution in [3.8, 4) is 11.4 Å². The standard InChI is InChI=1S/C24H26N4O3S/c1-26-10-8-18(12-15-2-7-20(15)26)31-17-5-3-16(4-6-17)28-14-25-19-13-22(27-11-9-21(27)29)32-23(19)24(28)30/h3-6,13-15,18,20H,2,7-12H2,1H3/t15-,18?,20?/m0/s1. The minimum absolute atomic E-state index is 0.0978. The van der Waals surface area contributed by atoms with Crippen molar-refractivity contribution in [2.24, 2.45) is 5.92 Å². The molecule has 3 aliphatic rings. The molecular formula is C24H26N4O3S. The van der Waals surface area contributed by atoms with Crippen molar-refractivity contribution in [3.05, 3.63) is 47.0 Å². The summed E-state index contributed by atoms with van der Waals surface area (Å²) in [5.74, 6) is 1.70. The second kappa shape index (κ2) is 7.71. The Morgan fingerprint density at radius 1 is 1.09 bits per heavy atom. The van der Waals surface area contributed by atoms with Gasteiger partial charge in [-0.15, -0.1) is 11.3 Å². The first-order valence-corrected chi connectivity index (χ1v) is 12.2. The third kappa shape index (κ3) is 3.33. The number of carbonyl (C=O) groups is 1. The highest BCUT2D eigenvalue weighted by Gasteiger charge is 2.38. The molecule has 1 aliphatic carbocycles. The molecule has 0 radical (unpaired) electrons. The van der Waals surface area contributed by atoms with E-state index in [0.717, 1.165) is 47.8 Å². The van der Waals surface area contributed by atoms with Gasteiger partial charge in [-0.25, -0.2) is 4.98 Å². The summed E-state index contributed by atoms with van der Waals surface area (Å²) in [6.07, 6.45) is 7.17. The average Bonchev–Trinajstić information content (AvgIpc) is 3.14. The molecule has 7 nitrogen and oxygen atoms in total. The lowest BCUT2D eigenvalue weighted by Gasteiger charge is -2.41. The number of fused-ring (bicyclic) bond motifs is 2. The number of rotatable bonds is 4. The molecule has 3 aromatic rings. The van der Waals surface area contributed by atoms with Crippen molar-refractivity contribution in [1.29, 1.82) is 0 Å². The lowest BCUT2D eigenvalue weighted by atomic mass is 9.76. The van der Waals surface area contributed by atoms with Gasteiger partial charge in [-0.3, -0.25) is 14.2 Å². The van der Waals surface area contributed by atoms with Gasteiger partial charge in [0.1, 0.15) is 27.9 Å². The molecular weight excluding hydrogens is 424 g/mol. The van der Waals surface area contributed by atoms with Crippen molar-refractivity contribution < 1.29 is 9.53 Å². The van der Waals surface area contributed by atoms with Gasteiger partial charge in [-0.2, -0.15) is 0 Å². The van der Waals surface area contributed by atoms with E-state index in [0.29, 0.717) is 23.2 Å². The highest BCUT2D eigenvalue weighted by Crippen LogP contribution is 2.38. The van der Waals surface area contributed by atoms with E-state index >= 15 is 0 Å². The molecule has 0 N–H and O–H groups in total. The van der Waals surface area contributed by atoms with Gasteiger partial charge in [0.25, 0.3) is 5.56 Å². The molecule has 6 rings (SSSR count). The van der Waals surface area contributed by atoms with Crippen LogP contribution < -0.4 is 15.2 Å². The van der Waals surface area contributed by atoms with Gasteiger partial charge in [-0.05, 0) is 69.0 Å². The first-order chi connectivity index (χ1) is 15.6. The van der Waals surface area contributed by atoms with Crippen molar-refractivity contribution in [3.63, 3.8) is 0 Å². The number of anilines is 1. The van der Waals surface area contributed by atoms with Crippen molar-refractivity contribution in [2.75, 3.05) is 25.0 Å². The van der Waals surface area contributed by atoms with E-state index in [1.54, 1.807) is 15.8 Å². The number of likely N-dealkylation sites (tertiary alicyclic amines) is 1. The number of hydrogen-bond donors (Lipinski definition) is 0. The molecule has 1 saturated carbocycles. The van der Waals surface area contributed by atoms with Gasteiger partial charge in [0.15, 0.2) is 0 Å². The van der Waals surface area contributed by atoms with Crippen LogP contribution in [0.15, 0.2) is 41.5 Å². The van der Waals surface area contributed by atoms with Gasteiger partial charge in [-0.1, -0.05) is 0 Å². The van der Waals surface area contributed by atoms with Crippen LogP contribution in [-0.4, -0.2) is 52.6 Å². The molecule has 1 aromatic carbocycles. The van der Waals surface area contributed by atoms with Crippen LogP contribution in [-0.2, 0) is 4.79 Å². The van der Waals surface area contributed by atoms with E-state index in [-0.39, 0.29) is 17.6 Å². The molecule has 8 heteroatoms. The quantitative estimate of drug-likeness (QED) is 0.570. The molecule has 4 heterocycles. The number of carbonyl (C=O) groups excluding carboxylic acids is 1. The Kier molecular flexibility index (Phi) is 4.80. The first-order valence-electron chi connectivity index (χ1n) is 11.4. The van der Waals surface area contributed by atoms with Crippen molar-refractivity contribution in [1.82, 2.24) is 14.5 Å². The third-order valence-electron chi connectivity index (χ3n) is 7.27. The Morgan fingerprint density at radius 3 is 2.62 bits per heavy atom. The minimum atomic E-state index is -0.115. The summed E-state index contributed by atoms with van der Waals surface area (Å²) in [5, 5.41) is 0.796. The molecule has 0 spiro atoms. The predicted octanol–water partition coefficient (Wildman–Crippen LogP) is 3.44. The molecule has 2 unspecified atom stereocenters. The Balaban J connectivity index is 1.21. The summed E-state index contributed by atoms with van der Waals surface area (Å²) < 4.78 is 8.45. The second-order valence-corrected chi connectivity index (χ2v) is 10.2. The summed E-state index contributed by atoms with van der Waals surface area (Å²) in [4.78, 5) is 33.5. The largest absolute Gasteiger partial charge is 0.490 e. The Bertz CT molecular complexity index is 1230. The Morgan fingerprint density at radius 2 is 1.94 bits per heavy atom. The van der Waals surface area contributed by atoms with E-state index in [1.807, 2.05) is 30.3 Å². The Hall–Kier alpha value is -2.71. The fourth-order valence-corrected chi connectivity index (χ4v) is 6.21. The molecule has 0 bridgehead atoms. The first kappa shape index (κ1) is 19.9. The fourth-order valence-electron chi connectivity index (χ4n) is 5.13. The molecule has 2 aliphatic heterocycles. The molecule has 2 saturated heterocycles. The van der Waals surface area contributed by atoms with Crippen LogP contribution in [0.2, 0.25) is 0 Å². The van der Waals surface area contributed by atoms with E-state index in [4.69, 9.17) is 4.74 Å². The van der Waals surface area contributed by atoms with Gasteiger partial charge >= 0.3 is 0 Å². The monoisotopic (exact) mass is 450 g/mol. The average molecular weight is 451 g/mol. The topological polar surface area (TPSA) is 67.7 Å². The van der Waals surface area contributed by atoms with Crippen LogP contribution in [0.5, 0.6) is 5.75 Å². The molecule has 3 fully saturated rings. The van der Waals surface area contributed by atoms with E-state index in [9.17, 15) is 9.59 Å². The van der Waals surface area contributed by atoms with Crippen LogP contribution >= 0.6 is 11.3 Å². The van der Waals surface area contributed by atoms with Crippen LogP contribution in [0.25, 0.3) is 15.9 Å². The number of nitrogens with zero attached hydrogens (tertiary/aromatic N) is 4. The fraction of sp³-hybridized carbons (Fsp3) is 0.458. The summed E-state index contributed by atoms with van der Waals surface area (Å²) in [5.41, 5.74) is 1.28. The van der Waals surface area contributed by atoms with Crippen LogP contribution in [0.4, 0.5) is 5.00 Å². The minimum Gasteiger partial charge on any atom is -0.490 e. The number of hydrogen-bond acceptors (Lipinski definition) is 6.